The number of nitrogens with two attached hydrogens (primary N) is 1. The van der Waals surface area contributed by atoms with Gasteiger partial charge in [0.1, 0.15) is 0 Å². The van der Waals surface area contributed by atoms with Gasteiger partial charge in [0.25, 0.3) is 5.91 Å². The van der Waals surface area contributed by atoms with Crippen LogP contribution in [0.25, 0.3) is 0 Å². The van der Waals surface area contributed by atoms with E-state index in [1.165, 1.54) is 6.39 Å². The number of hydrogen-bond donors (Lipinski definition) is 2. The van der Waals surface area contributed by atoms with E-state index in [1.54, 1.807) is 25.1 Å². The first kappa shape index (κ1) is 11.7. The molecule has 17 heavy (non-hydrogen) atoms. The van der Waals surface area contributed by atoms with Gasteiger partial charge < -0.3 is 15.5 Å². The average Bonchev–Trinajstić information content (AvgIpc) is 2.68. The number of halogens is 1. The lowest BCUT2D eigenvalue weighted by atomic mass is 10.2. The highest BCUT2D eigenvalue weighted by Gasteiger charge is 2.14. The molecule has 0 radical (unpaired) electrons. The molecule has 1 heterocycles. The van der Waals surface area contributed by atoms with Gasteiger partial charge in [-0.2, -0.15) is 0 Å². The van der Waals surface area contributed by atoms with Crippen LogP contribution < -0.4 is 11.1 Å². The van der Waals surface area contributed by atoms with Gasteiger partial charge in [-0.15, -0.1) is 0 Å². The normalized spacial score (nSPS) is 10.2. The number of nitrogens with zero attached hydrogens (tertiary/aromatic N) is 1. The van der Waals surface area contributed by atoms with Crippen molar-refractivity contribution in [3.63, 3.8) is 0 Å². The zero-order valence-corrected chi connectivity index (χ0v) is 10.6. The van der Waals surface area contributed by atoms with Crippen molar-refractivity contribution in [3.8, 4) is 0 Å². The monoisotopic (exact) mass is 295 g/mol. The van der Waals surface area contributed by atoms with E-state index in [4.69, 9.17) is 10.2 Å². The molecule has 3 N–H and O–H groups in total. The summed E-state index contributed by atoms with van der Waals surface area (Å²) in [6.45, 7) is 1.70. The maximum absolute atomic E-state index is 11.8. The van der Waals surface area contributed by atoms with E-state index in [1.807, 2.05) is 0 Å². The van der Waals surface area contributed by atoms with Crippen LogP contribution in [0.15, 0.2) is 33.5 Å². The highest BCUT2D eigenvalue weighted by molar-refractivity contribution is 9.10. The lowest BCUT2D eigenvalue weighted by molar-refractivity contribution is 0.0996. The quantitative estimate of drug-likeness (QED) is 0.835. The Balaban J connectivity index is 2.22. The number of amides is 1. The Morgan fingerprint density at radius 2 is 2.29 bits per heavy atom. The van der Waals surface area contributed by atoms with Crippen molar-refractivity contribution in [2.75, 3.05) is 11.1 Å². The van der Waals surface area contributed by atoms with Crippen LogP contribution in [0.5, 0.6) is 0 Å². The highest BCUT2D eigenvalue weighted by atomic mass is 79.9. The Bertz CT molecular complexity index is 566. The summed E-state index contributed by atoms with van der Waals surface area (Å²) in [6.07, 6.45) is 1.24. The van der Waals surface area contributed by atoms with E-state index < -0.39 is 0 Å². The number of rotatable bonds is 2. The number of hydrogen-bond acceptors (Lipinski definition) is 4. The molecular formula is C11H10BrN3O2. The van der Waals surface area contributed by atoms with E-state index >= 15 is 0 Å². The van der Waals surface area contributed by atoms with E-state index in [9.17, 15) is 4.79 Å². The lowest BCUT2D eigenvalue weighted by Crippen LogP contribution is -2.12. The molecule has 0 saturated heterocycles. The fraction of sp³-hybridized carbons (Fsp3) is 0.0909. The smallest absolute Gasteiger partial charge is 0.293 e. The summed E-state index contributed by atoms with van der Waals surface area (Å²) in [4.78, 5) is 15.7. The predicted molar refractivity (Wildman–Crippen MR) is 67.7 cm³/mol. The van der Waals surface area contributed by atoms with Crippen LogP contribution in [0.1, 0.15) is 16.2 Å². The number of carbonyl (C=O) groups is 1. The molecule has 5 nitrogen and oxygen atoms in total. The van der Waals surface area contributed by atoms with Gasteiger partial charge in [0, 0.05) is 10.2 Å². The second-order valence-electron chi connectivity index (χ2n) is 3.46. The molecule has 0 fully saturated rings. The summed E-state index contributed by atoms with van der Waals surface area (Å²) in [7, 11) is 0. The number of anilines is 2. The Morgan fingerprint density at radius 3 is 2.88 bits per heavy atom. The van der Waals surface area contributed by atoms with Gasteiger partial charge in [0.2, 0.25) is 5.76 Å². The van der Waals surface area contributed by atoms with Crippen molar-refractivity contribution >= 4 is 33.2 Å². The van der Waals surface area contributed by atoms with Crippen LogP contribution in [0, 0.1) is 6.92 Å². The first-order chi connectivity index (χ1) is 8.08. The van der Waals surface area contributed by atoms with Crippen LogP contribution >= 0.6 is 15.9 Å². The predicted octanol–water partition coefficient (Wildman–Crippen LogP) is 2.58. The molecule has 2 rings (SSSR count). The molecule has 88 valence electrons. The Morgan fingerprint density at radius 1 is 1.53 bits per heavy atom. The third kappa shape index (κ3) is 2.47. The Labute approximate surface area is 106 Å². The average molecular weight is 296 g/mol. The molecule has 0 aliphatic rings. The molecule has 1 amide bonds. The van der Waals surface area contributed by atoms with Crippen LogP contribution in [0.4, 0.5) is 11.4 Å². The minimum absolute atomic E-state index is 0.203. The van der Waals surface area contributed by atoms with Crippen molar-refractivity contribution in [1.82, 2.24) is 4.98 Å². The van der Waals surface area contributed by atoms with Gasteiger partial charge in [0.15, 0.2) is 6.39 Å². The Hall–Kier alpha value is -1.82. The maximum atomic E-state index is 11.8. The minimum Gasteiger partial charge on any atom is -0.438 e. The van der Waals surface area contributed by atoms with Crippen LogP contribution in [0.2, 0.25) is 0 Å². The molecule has 0 atom stereocenters. The molecule has 0 aliphatic carbocycles. The number of nitrogens with one attached hydrogen (secondary N) is 1. The number of oxazole rings is 1. The van der Waals surface area contributed by atoms with Crippen LogP contribution in [-0.2, 0) is 0 Å². The third-order valence-electron chi connectivity index (χ3n) is 2.19. The van der Waals surface area contributed by atoms with Crippen molar-refractivity contribution in [1.29, 1.82) is 0 Å². The fourth-order valence-corrected chi connectivity index (χ4v) is 1.83. The van der Waals surface area contributed by atoms with Gasteiger partial charge in [0.05, 0.1) is 11.4 Å². The second kappa shape index (κ2) is 4.58. The molecule has 1 aromatic carbocycles. The van der Waals surface area contributed by atoms with Crippen LogP contribution in [0.3, 0.4) is 0 Å². The summed E-state index contributed by atoms with van der Waals surface area (Å²) < 4.78 is 5.71. The van der Waals surface area contributed by atoms with Crippen LogP contribution in [-0.4, -0.2) is 10.9 Å². The standard InChI is InChI=1S/C11H10BrN3O2/c1-6-10(17-5-14-6)11(16)15-9-3-2-7(13)4-8(9)12/h2-5H,13H2,1H3,(H,15,16). The SMILES string of the molecule is Cc1ncoc1C(=O)Nc1ccc(N)cc1Br. The summed E-state index contributed by atoms with van der Waals surface area (Å²) >= 11 is 3.32. The van der Waals surface area contributed by atoms with Crippen molar-refractivity contribution in [3.05, 3.63) is 40.5 Å². The lowest BCUT2D eigenvalue weighted by Gasteiger charge is -2.06. The Kier molecular flexibility index (Phi) is 3.14. The van der Waals surface area contributed by atoms with Crippen molar-refractivity contribution < 1.29 is 9.21 Å². The van der Waals surface area contributed by atoms with E-state index in [0.29, 0.717) is 21.5 Å². The zero-order chi connectivity index (χ0) is 12.4. The fourth-order valence-electron chi connectivity index (χ4n) is 1.33. The number of aromatic nitrogens is 1. The summed E-state index contributed by atoms with van der Waals surface area (Å²) in [6, 6.07) is 5.12. The zero-order valence-electron chi connectivity index (χ0n) is 9.03. The number of aryl methyl sites for hydroxylation is 1. The first-order valence-corrected chi connectivity index (χ1v) is 5.63. The van der Waals surface area contributed by atoms with E-state index in [-0.39, 0.29) is 11.7 Å². The third-order valence-corrected chi connectivity index (χ3v) is 2.85. The number of benzene rings is 1. The van der Waals surface area contributed by atoms with Crippen molar-refractivity contribution in [2.45, 2.75) is 6.92 Å². The van der Waals surface area contributed by atoms with Crippen molar-refractivity contribution in [2.24, 2.45) is 0 Å². The first-order valence-electron chi connectivity index (χ1n) is 4.84. The molecule has 0 aliphatic heterocycles. The van der Waals surface area contributed by atoms with E-state index in [2.05, 4.69) is 26.2 Å². The minimum atomic E-state index is -0.342. The molecule has 0 spiro atoms. The second-order valence-corrected chi connectivity index (χ2v) is 4.31. The van der Waals surface area contributed by atoms with Gasteiger partial charge in [-0.25, -0.2) is 4.98 Å². The molecular weight excluding hydrogens is 286 g/mol. The summed E-state index contributed by atoms with van der Waals surface area (Å²) in [5, 5.41) is 2.71. The maximum Gasteiger partial charge on any atom is 0.293 e. The number of carbonyl (C=O) groups excluding carboxylic acids is 1. The van der Waals surface area contributed by atoms with Gasteiger partial charge in [-0.05, 0) is 41.1 Å². The molecule has 0 bridgehead atoms. The molecule has 0 saturated carbocycles. The molecule has 2 aromatic rings. The van der Waals surface area contributed by atoms with E-state index in [0.717, 1.165) is 0 Å². The molecule has 1 aromatic heterocycles. The summed E-state index contributed by atoms with van der Waals surface area (Å²) in [5.41, 5.74) is 7.40. The van der Waals surface area contributed by atoms with Gasteiger partial charge >= 0.3 is 0 Å². The van der Waals surface area contributed by atoms with Gasteiger partial charge in [-0.3, -0.25) is 4.79 Å². The largest absolute Gasteiger partial charge is 0.438 e. The topological polar surface area (TPSA) is 81.2 Å². The van der Waals surface area contributed by atoms with Gasteiger partial charge in [-0.1, -0.05) is 0 Å². The highest BCUT2D eigenvalue weighted by Crippen LogP contribution is 2.25. The summed E-state index contributed by atoms with van der Waals surface area (Å²) in [5.74, 6) is -0.140. The molecule has 6 heteroatoms. The number of nitrogen functional groups attached to an aromatic ring is 1. The molecule has 0 unspecified atom stereocenters.